The maximum Gasteiger partial charge on any atom is 0.159 e. The Balaban J connectivity index is 1.96. The van der Waals surface area contributed by atoms with Crippen LogP contribution in [-0.2, 0) is 9.47 Å². The van der Waals surface area contributed by atoms with Crippen molar-refractivity contribution in [3.63, 3.8) is 0 Å². The van der Waals surface area contributed by atoms with Gasteiger partial charge < -0.3 is 14.8 Å². The van der Waals surface area contributed by atoms with Crippen LogP contribution in [0.4, 0.5) is 8.78 Å². The van der Waals surface area contributed by atoms with Gasteiger partial charge in [-0.25, -0.2) is 8.78 Å². The van der Waals surface area contributed by atoms with Crippen LogP contribution < -0.4 is 5.32 Å². The molecule has 0 unspecified atom stereocenters. The van der Waals surface area contributed by atoms with Crippen LogP contribution in [0.2, 0.25) is 0 Å². The lowest BCUT2D eigenvalue weighted by Gasteiger charge is -2.25. The van der Waals surface area contributed by atoms with Gasteiger partial charge in [0.15, 0.2) is 11.6 Å². The molecule has 0 spiro atoms. The Morgan fingerprint density at radius 3 is 2.90 bits per heavy atom. The maximum absolute atomic E-state index is 13.3. The van der Waals surface area contributed by atoms with Gasteiger partial charge in [0.2, 0.25) is 0 Å². The number of hydrogen-bond donors (Lipinski definition) is 1. The number of nitrogens with one attached hydrogen (secondary N) is 1. The zero-order valence-electron chi connectivity index (χ0n) is 11.7. The van der Waals surface area contributed by atoms with Gasteiger partial charge in [-0.1, -0.05) is 6.07 Å². The van der Waals surface area contributed by atoms with Crippen molar-refractivity contribution in [3.05, 3.63) is 35.4 Å². The van der Waals surface area contributed by atoms with Gasteiger partial charge in [0, 0.05) is 20.3 Å². The lowest BCUT2D eigenvalue weighted by molar-refractivity contribution is 0.0519. The highest BCUT2D eigenvalue weighted by atomic mass is 19.2. The third kappa shape index (κ3) is 4.23. The Bertz CT molecular complexity index is 422. The summed E-state index contributed by atoms with van der Waals surface area (Å²) in [5.74, 6) is -1.19. The number of halogens is 2. The molecule has 0 saturated carbocycles. The van der Waals surface area contributed by atoms with Gasteiger partial charge in [-0.15, -0.1) is 0 Å². The van der Waals surface area contributed by atoms with E-state index in [1.54, 1.807) is 13.2 Å². The number of benzene rings is 1. The fraction of sp³-hybridized carbons (Fsp3) is 0.600. The molecule has 5 heteroatoms. The minimum absolute atomic E-state index is 0.142. The summed E-state index contributed by atoms with van der Waals surface area (Å²) in [7, 11) is 1.60. The normalized spacial score (nSPS) is 20.9. The molecule has 2 atom stereocenters. The Morgan fingerprint density at radius 2 is 2.25 bits per heavy atom. The molecule has 0 radical (unpaired) electrons. The zero-order valence-corrected chi connectivity index (χ0v) is 11.7. The molecule has 3 nitrogen and oxygen atoms in total. The highest BCUT2D eigenvalue weighted by Crippen LogP contribution is 2.19. The first kappa shape index (κ1) is 15.4. The van der Waals surface area contributed by atoms with Gasteiger partial charge >= 0.3 is 0 Å². The topological polar surface area (TPSA) is 30.5 Å². The molecule has 0 aliphatic carbocycles. The highest BCUT2D eigenvalue weighted by molar-refractivity contribution is 5.21. The molecule has 0 amide bonds. The Hall–Kier alpha value is -1.04. The largest absolute Gasteiger partial charge is 0.383 e. The molecule has 1 fully saturated rings. The van der Waals surface area contributed by atoms with Crippen LogP contribution in [0.25, 0.3) is 0 Å². The van der Waals surface area contributed by atoms with Gasteiger partial charge in [-0.05, 0) is 36.5 Å². The van der Waals surface area contributed by atoms with E-state index in [9.17, 15) is 8.78 Å². The van der Waals surface area contributed by atoms with Crippen molar-refractivity contribution in [3.8, 4) is 0 Å². The standard InChI is InChI=1S/C15H21F2NO2/c1-19-10-15(12-4-5-13(16)14(17)7-12)18-8-11-3-2-6-20-9-11/h4-5,7,11,15,18H,2-3,6,8-10H2,1H3/t11-,15+/m0/s1. The summed E-state index contributed by atoms with van der Waals surface area (Å²) < 4.78 is 36.9. The lowest BCUT2D eigenvalue weighted by Crippen LogP contribution is -2.33. The zero-order chi connectivity index (χ0) is 14.4. The van der Waals surface area contributed by atoms with Crippen LogP contribution in [0.1, 0.15) is 24.4 Å². The molecule has 0 bridgehead atoms. The van der Waals surface area contributed by atoms with E-state index in [0.717, 1.165) is 38.7 Å². The third-order valence-electron chi connectivity index (χ3n) is 3.59. The Labute approximate surface area is 118 Å². The van der Waals surface area contributed by atoms with Crippen LogP contribution in [0.3, 0.4) is 0 Å². The van der Waals surface area contributed by atoms with Gasteiger partial charge in [-0.2, -0.15) is 0 Å². The second-order valence-corrected chi connectivity index (χ2v) is 5.17. The fourth-order valence-corrected chi connectivity index (χ4v) is 2.45. The van der Waals surface area contributed by atoms with E-state index in [2.05, 4.69) is 5.32 Å². The molecular formula is C15H21F2NO2. The summed E-state index contributed by atoms with van der Waals surface area (Å²) >= 11 is 0. The van der Waals surface area contributed by atoms with Gasteiger partial charge in [0.1, 0.15) is 0 Å². The molecule has 1 aromatic rings. The first-order chi connectivity index (χ1) is 9.70. The predicted octanol–water partition coefficient (Wildman–Crippen LogP) is 2.67. The molecule has 1 N–H and O–H groups in total. The van der Waals surface area contributed by atoms with Crippen LogP contribution in [0, 0.1) is 17.6 Å². The molecule has 1 aliphatic rings. The SMILES string of the molecule is COC[C@@H](NC[C@@H]1CCCOC1)c1ccc(F)c(F)c1. The molecule has 1 aromatic carbocycles. The van der Waals surface area contributed by atoms with Crippen molar-refractivity contribution >= 4 is 0 Å². The first-order valence-corrected chi connectivity index (χ1v) is 6.95. The van der Waals surface area contributed by atoms with E-state index >= 15 is 0 Å². The van der Waals surface area contributed by atoms with Crippen LogP contribution >= 0.6 is 0 Å². The van der Waals surface area contributed by atoms with Crippen molar-refractivity contribution in [2.75, 3.05) is 33.5 Å². The van der Waals surface area contributed by atoms with Crippen molar-refractivity contribution in [2.45, 2.75) is 18.9 Å². The van der Waals surface area contributed by atoms with Crippen LogP contribution in [0.15, 0.2) is 18.2 Å². The van der Waals surface area contributed by atoms with Gasteiger partial charge in [-0.3, -0.25) is 0 Å². The second kappa shape index (κ2) is 7.67. The second-order valence-electron chi connectivity index (χ2n) is 5.17. The van der Waals surface area contributed by atoms with E-state index in [1.807, 2.05) is 0 Å². The first-order valence-electron chi connectivity index (χ1n) is 6.95. The average molecular weight is 285 g/mol. The van der Waals surface area contributed by atoms with Gasteiger partial charge in [0.25, 0.3) is 0 Å². The summed E-state index contributed by atoms with van der Waals surface area (Å²) in [5, 5.41) is 3.36. The number of methoxy groups -OCH3 is 1. The van der Waals surface area contributed by atoms with Crippen LogP contribution in [-0.4, -0.2) is 33.5 Å². The van der Waals surface area contributed by atoms with Crippen molar-refractivity contribution < 1.29 is 18.3 Å². The lowest BCUT2D eigenvalue weighted by atomic mass is 10.0. The predicted molar refractivity (Wildman–Crippen MR) is 72.5 cm³/mol. The highest BCUT2D eigenvalue weighted by Gasteiger charge is 2.18. The van der Waals surface area contributed by atoms with Crippen molar-refractivity contribution in [1.82, 2.24) is 5.32 Å². The molecule has 112 valence electrons. The number of hydrogen-bond acceptors (Lipinski definition) is 3. The van der Waals surface area contributed by atoms with E-state index in [1.165, 1.54) is 6.07 Å². The van der Waals surface area contributed by atoms with Gasteiger partial charge in [0.05, 0.1) is 19.3 Å². The number of ether oxygens (including phenoxy) is 2. The Morgan fingerprint density at radius 1 is 1.40 bits per heavy atom. The van der Waals surface area contributed by atoms with E-state index in [4.69, 9.17) is 9.47 Å². The molecule has 1 aliphatic heterocycles. The van der Waals surface area contributed by atoms with Crippen LogP contribution in [0.5, 0.6) is 0 Å². The summed E-state index contributed by atoms with van der Waals surface area (Å²) in [6.07, 6.45) is 2.21. The molecule has 2 rings (SSSR count). The number of rotatable bonds is 6. The fourth-order valence-electron chi connectivity index (χ4n) is 2.45. The quantitative estimate of drug-likeness (QED) is 0.871. The minimum Gasteiger partial charge on any atom is -0.383 e. The Kier molecular flexibility index (Phi) is 5.88. The van der Waals surface area contributed by atoms with E-state index in [-0.39, 0.29) is 6.04 Å². The van der Waals surface area contributed by atoms with Crippen molar-refractivity contribution in [1.29, 1.82) is 0 Å². The van der Waals surface area contributed by atoms with E-state index < -0.39 is 11.6 Å². The van der Waals surface area contributed by atoms with Crippen molar-refractivity contribution in [2.24, 2.45) is 5.92 Å². The summed E-state index contributed by atoms with van der Waals surface area (Å²) in [5.41, 5.74) is 0.697. The monoisotopic (exact) mass is 285 g/mol. The molecule has 20 heavy (non-hydrogen) atoms. The van der Waals surface area contributed by atoms with E-state index in [0.29, 0.717) is 18.1 Å². The average Bonchev–Trinajstić information content (AvgIpc) is 2.47. The third-order valence-corrected chi connectivity index (χ3v) is 3.59. The minimum atomic E-state index is -0.828. The molecule has 1 heterocycles. The molecule has 0 aromatic heterocycles. The smallest absolute Gasteiger partial charge is 0.159 e. The molecule has 1 saturated heterocycles. The summed E-state index contributed by atoms with van der Waals surface area (Å²) in [6, 6.07) is 3.83. The maximum atomic E-state index is 13.3. The molecular weight excluding hydrogens is 264 g/mol. The summed E-state index contributed by atoms with van der Waals surface area (Å²) in [4.78, 5) is 0. The summed E-state index contributed by atoms with van der Waals surface area (Å²) in [6.45, 7) is 2.79.